The Hall–Kier alpha value is -3.46. The predicted octanol–water partition coefficient (Wildman–Crippen LogP) is 3.35. The third-order valence-electron chi connectivity index (χ3n) is 6.05. The van der Waals surface area contributed by atoms with Gasteiger partial charge in [-0.25, -0.2) is 4.68 Å². The summed E-state index contributed by atoms with van der Waals surface area (Å²) in [7, 11) is 0. The van der Waals surface area contributed by atoms with Gasteiger partial charge in [-0.3, -0.25) is 4.79 Å². The number of carbonyl (C=O) groups excluding carboxylic acids is 1. The first-order valence-electron chi connectivity index (χ1n) is 10.9. The summed E-state index contributed by atoms with van der Waals surface area (Å²) < 4.78 is 7.34. The number of aryl methyl sites for hydroxylation is 2. The molecule has 5 rings (SSSR count). The molecule has 0 spiro atoms. The van der Waals surface area contributed by atoms with Crippen molar-refractivity contribution in [2.45, 2.75) is 38.6 Å². The van der Waals surface area contributed by atoms with Gasteiger partial charge in [-0.15, -0.1) is 10.2 Å². The summed E-state index contributed by atoms with van der Waals surface area (Å²) in [4.78, 5) is 18.3. The minimum atomic E-state index is 0.0623. The van der Waals surface area contributed by atoms with Crippen molar-refractivity contribution in [1.29, 1.82) is 0 Å². The lowest BCUT2D eigenvalue weighted by Gasteiger charge is -2.27. The van der Waals surface area contributed by atoms with E-state index in [0.29, 0.717) is 24.1 Å². The maximum atomic E-state index is 12.9. The second-order valence-electron chi connectivity index (χ2n) is 8.26. The zero-order valence-corrected chi connectivity index (χ0v) is 19.5. The van der Waals surface area contributed by atoms with Gasteiger partial charge >= 0.3 is 0 Å². The van der Waals surface area contributed by atoms with Crippen LogP contribution in [0.1, 0.15) is 28.2 Å². The van der Waals surface area contributed by atoms with Crippen molar-refractivity contribution < 1.29 is 9.53 Å². The number of hydrogen-bond donors (Lipinski definition) is 2. The molecule has 0 bridgehead atoms. The van der Waals surface area contributed by atoms with E-state index in [9.17, 15) is 4.79 Å². The van der Waals surface area contributed by atoms with Crippen LogP contribution in [-0.4, -0.2) is 43.0 Å². The molecule has 9 heteroatoms. The molecular formula is C24H26N6O2S. The summed E-state index contributed by atoms with van der Waals surface area (Å²) in [5.74, 6) is 7.83. The van der Waals surface area contributed by atoms with Crippen molar-refractivity contribution in [3.8, 4) is 5.75 Å². The molecule has 3 N–H and O–H groups in total. The number of aromatic nitrogens is 4. The molecule has 1 amide bonds. The standard InChI is InChI=1S/C24H26N6O2S/c1-15-6-5-7-16(2)23(15)32-13-21-27-28-24(30(21)25)33-14-22(31)29-11-10-20-18(12-29)17-8-3-4-9-19(17)26-20/h3-9,26H,10-14,25H2,1-2H3. The molecule has 33 heavy (non-hydrogen) atoms. The highest BCUT2D eigenvalue weighted by molar-refractivity contribution is 7.99. The number of amides is 1. The van der Waals surface area contributed by atoms with Crippen LogP contribution in [0, 0.1) is 13.8 Å². The molecule has 170 valence electrons. The summed E-state index contributed by atoms with van der Waals surface area (Å²) in [6.07, 6.45) is 0.827. The third-order valence-corrected chi connectivity index (χ3v) is 6.98. The summed E-state index contributed by atoms with van der Waals surface area (Å²) in [6, 6.07) is 14.2. The van der Waals surface area contributed by atoms with Gasteiger partial charge in [0, 0.05) is 41.7 Å². The minimum Gasteiger partial charge on any atom is -0.485 e. The van der Waals surface area contributed by atoms with E-state index in [-0.39, 0.29) is 18.3 Å². The molecule has 0 saturated carbocycles. The number of nitrogens with one attached hydrogen (secondary N) is 1. The number of H-pyrrole nitrogens is 1. The first-order chi connectivity index (χ1) is 16.0. The predicted molar refractivity (Wildman–Crippen MR) is 129 cm³/mol. The number of thioether (sulfide) groups is 1. The van der Waals surface area contributed by atoms with Gasteiger partial charge in [0.15, 0.2) is 5.82 Å². The highest BCUT2D eigenvalue weighted by Gasteiger charge is 2.24. The maximum absolute atomic E-state index is 12.9. The molecule has 0 fully saturated rings. The SMILES string of the molecule is Cc1cccc(C)c1OCc1nnc(SCC(=O)N2CCc3[nH]c4ccccc4c3C2)n1N. The summed E-state index contributed by atoms with van der Waals surface area (Å²) in [5, 5.41) is 9.99. The van der Waals surface area contributed by atoms with Gasteiger partial charge in [-0.05, 0) is 31.0 Å². The van der Waals surface area contributed by atoms with Crippen LogP contribution in [0.4, 0.5) is 0 Å². The van der Waals surface area contributed by atoms with Gasteiger partial charge < -0.3 is 20.5 Å². The van der Waals surface area contributed by atoms with Crippen LogP contribution in [0.15, 0.2) is 47.6 Å². The molecule has 0 saturated heterocycles. The molecule has 1 aliphatic heterocycles. The molecule has 0 radical (unpaired) electrons. The lowest BCUT2D eigenvalue weighted by Crippen LogP contribution is -2.37. The van der Waals surface area contributed by atoms with E-state index >= 15 is 0 Å². The first-order valence-corrected chi connectivity index (χ1v) is 11.9. The van der Waals surface area contributed by atoms with Gasteiger partial charge in [0.25, 0.3) is 0 Å². The van der Waals surface area contributed by atoms with Gasteiger partial charge in [0.2, 0.25) is 11.1 Å². The Labute approximate surface area is 196 Å². The number of benzene rings is 2. The fourth-order valence-electron chi connectivity index (χ4n) is 4.26. The average Bonchev–Trinajstić information content (AvgIpc) is 3.36. The highest BCUT2D eigenvalue weighted by Crippen LogP contribution is 2.28. The number of hydrogen-bond acceptors (Lipinski definition) is 6. The molecular weight excluding hydrogens is 436 g/mol. The van der Waals surface area contributed by atoms with Crippen LogP contribution in [-0.2, 0) is 24.4 Å². The third kappa shape index (κ3) is 4.16. The molecule has 4 aromatic rings. The van der Waals surface area contributed by atoms with Gasteiger partial charge in [-0.2, -0.15) is 0 Å². The van der Waals surface area contributed by atoms with Crippen molar-refractivity contribution in [3.05, 3.63) is 70.7 Å². The van der Waals surface area contributed by atoms with Crippen LogP contribution in [0.5, 0.6) is 5.75 Å². The Morgan fingerprint density at radius 2 is 1.94 bits per heavy atom. The number of ether oxygens (including phenoxy) is 1. The number of para-hydroxylation sites is 2. The number of nitrogens with two attached hydrogens (primary N) is 1. The smallest absolute Gasteiger partial charge is 0.233 e. The maximum Gasteiger partial charge on any atom is 0.233 e. The second-order valence-corrected chi connectivity index (χ2v) is 9.20. The van der Waals surface area contributed by atoms with E-state index in [0.717, 1.165) is 28.8 Å². The van der Waals surface area contributed by atoms with Crippen LogP contribution < -0.4 is 10.6 Å². The monoisotopic (exact) mass is 462 g/mol. The van der Waals surface area contributed by atoms with Gasteiger partial charge in [0.05, 0.1) is 5.75 Å². The van der Waals surface area contributed by atoms with Gasteiger partial charge in [0.1, 0.15) is 12.4 Å². The largest absolute Gasteiger partial charge is 0.485 e. The van der Waals surface area contributed by atoms with Gasteiger partial charge in [-0.1, -0.05) is 48.2 Å². The number of nitrogen functional groups attached to an aromatic ring is 1. The Morgan fingerprint density at radius 3 is 2.76 bits per heavy atom. The normalized spacial score (nSPS) is 13.3. The van der Waals surface area contributed by atoms with Crippen molar-refractivity contribution in [2.24, 2.45) is 0 Å². The lowest BCUT2D eigenvalue weighted by molar-refractivity contribution is -0.129. The molecule has 0 atom stereocenters. The fraction of sp³-hybridized carbons (Fsp3) is 0.292. The van der Waals surface area contributed by atoms with Crippen molar-refractivity contribution in [3.63, 3.8) is 0 Å². The zero-order valence-electron chi connectivity index (χ0n) is 18.7. The zero-order chi connectivity index (χ0) is 22.9. The minimum absolute atomic E-state index is 0.0623. The van der Waals surface area contributed by atoms with Crippen LogP contribution in [0.2, 0.25) is 0 Å². The van der Waals surface area contributed by atoms with E-state index in [1.165, 1.54) is 33.1 Å². The van der Waals surface area contributed by atoms with Crippen LogP contribution in [0.3, 0.4) is 0 Å². The number of nitrogens with zero attached hydrogens (tertiary/aromatic N) is 4. The second kappa shape index (κ2) is 8.82. The van der Waals surface area contributed by atoms with E-state index in [1.807, 2.05) is 49.1 Å². The van der Waals surface area contributed by atoms with Crippen molar-refractivity contribution >= 4 is 28.6 Å². The van der Waals surface area contributed by atoms with E-state index in [4.69, 9.17) is 10.6 Å². The van der Waals surface area contributed by atoms with E-state index in [2.05, 4.69) is 27.3 Å². The summed E-state index contributed by atoms with van der Waals surface area (Å²) in [6.45, 7) is 5.52. The lowest BCUT2D eigenvalue weighted by atomic mass is 10.0. The Bertz CT molecular complexity index is 1310. The average molecular weight is 463 g/mol. The number of carbonyl (C=O) groups is 1. The quantitative estimate of drug-likeness (QED) is 0.337. The number of fused-ring (bicyclic) bond motifs is 3. The van der Waals surface area contributed by atoms with E-state index < -0.39 is 0 Å². The van der Waals surface area contributed by atoms with E-state index in [1.54, 1.807) is 0 Å². The molecule has 1 aliphatic rings. The summed E-state index contributed by atoms with van der Waals surface area (Å²) in [5.41, 5.74) is 5.67. The Morgan fingerprint density at radius 1 is 1.15 bits per heavy atom. The van der Waals surface area contributed by atoms with Crippen LogP contribution >= 0.6 is 11.8 Å². The molecule has 0 aliphatic carbocycles. The Balaban J connectivity index is 1.20. The summed E-state index contributed by atoms with van der Waals surface area (Å²) >= 11 is 1.29. The number of rotatable bonds is 6. The molecule has 2 aromatic heterocycles. The fourth-order valence-corrected chi connectivity index (χ4v) is 5.04. The molecule has 0 unspecified atom stereocenters. The first kappa shape index (κ1) is 21.4. The highest BCUT2D eigenvalue weighted by atomic mass is 32.2. The Kier molecular flexibility index (Phi) is 5.72. The van der Waals surface area contributed by atoms with Crippen molar-refractivity contribution in [2.75, 3.05) is 18.1 Å². The van der Waals surface area contributed by atoms with Crippen molar-refractivity contribution in [1.82, 2.24) is 24.8 Å². The molecule has 2 aromatic carbocycles. The molecule has 8 nitrogen and oxygen atoms in total. The van der Waals surface area contributed by atoms with Crippen LogP contribution in [0.25, 0.3) is 10.9 Å². The topological polar surface area (TPSA) is 102 Å². The number of aromatic amines is 1. The molecule has 3 heterocycles.